The molecule has 126 valence electrons. The molecule has 0 aliphatic carbocycles. The summed E-state index contributed by atoms with van der Waals surface area (Å²) in [5.41, 5.74) is 0.766. The molecule has 0 bridgehead atoms. The monoisotopic (exact) mass is 329 g/mol. The van der Waals surface area contributed by atoms with E-state index in [-0.39, 0.29) is 5.56 Å². The van der Waals surface area contributed by atoms with E-state index in [2.05, 4.69) is 5.32 Å². The van der Waals surface area contributed by atoms with Crippen molar-refractivity contribution in [1.29, 1.82) is 0 Å². The van der Waals surface area contributed by atoms with Crippen LogP contribution in [0.25, 0.3) is 0 Å². The molecule has 0 saturated heterocycles. The zero-order valence-electron chi connectivity index (χ0n) is 13.7. The van der Waals surface area contributed by atoms with Crippen molar-refractivity contribution in [2.45, 2.75) is 13.0 Å². The van der Waals surface area contributed by atoms with Gasteiger partial charge in [-0.2, -0.15) is 0 Å². The lowest BCUT2D eigenvalue weighted by Crippen LogP contribution is -2.30. The largest absolute Gasteiger partial charge is 0.496 e. The fraction of sp³-hybridized carbons (Fsp3) is 0.222. The smallest absolute Gasteiger partial charge is 0.346 e. The fourth-order valence-electron chi connectivity index (χ4n) is 2.09. The summed E-state index contributed by atoms with van der Waals surface area (Å²) < 4.78 is 15.6. The first-order valence-electron chi connectivity index (χ1n) is 7.34. The second kappa shape index (κ2) is 8.01. The molecule has 1 atom stereocenters. The maximum Gasteiger partial charge on any atom is 0.346 e. The second-order valence-corrected chi connectivity index (χ2v) is 4.94. The number of esters is 1. The second-order valence-electron chi connectivity index (χ2n) is 4.94. The van der Waals surface area contributed by atoms with Gasteiger partial charge in [0.25, 0.3) is 5.91 Å². The highest BCUT2D eigenvalue weighted by atomic mass is 16.6. The number of ether oxygens (including phenoxy) is 3. The predicted molar refractivity (Wildman–Crippen MR) is 89.5 cm³/mol. The number of rotatable bonds is 6. The number of hydrogen-bond acceptors (Lipinski definition) is 5. The molecule has 0 aliphatic heterocycles. The zero-order chi connectivity index (χ0) is 17.5. The molecule has 0 radical (unpaired) electrons. The molecular formula is C18H19NO5. The summed E-state index contributed by atoms with van der Waals surface area (Å²) in [4.78, 5) is 24.5. The van der Waals surface area contributed by atoms with E-state index in [1.807, 2.05) is 6.07 Å². The summed E-state index contributed by atoms with van der Waals surface area (Å²) >= 11 is 0. The highest BCUT2D eigenvalue weighted by molar-refractivity contribution is 5.99. The van der Waals surface area contributed by atoms with E-state index in [4.69, 9.17) is 14.2 Å². The average molecular weight is 329 g/mol. The molecule has 6 heteroatoms. The van der Waals surface area contributed by atoms with Gasteiger partial charge < -0.3 is 19.5 Å². The Labute approximate surface area is 140 Å². The van der Waals surface area contributed by atoms with Gasteiger partial charge in [0, 0.05) is 5.69 Å². The van der Waals surface area contributed by atoms with Gasteiger partial charge in [0.15, 0.2) is 6.10 Å². The number of nitrogens with one attached hydrogen (secondary N) is 1. The molecule has 0 spiro atoms. The van der Waals surface area contributed by atoms with Crippen molar-refractivity contribution in [1.82, 2.24) is 0 Å². The first-order valence-corrected chi connectivity index (χ1v) is 7.34. The van der Waals surface area contributed by atoms with Crippen LogP contribution >= 0.6 is 0 Å². The van der Waals surface area contributed by atoms with Gasteiger partial charge in [-0.3, -0.25) is 4.79 Å². The van der Waals surface area contributed by atoms with Gasteiger partial charge in [-0.1, -0.05) is 24.3 Å². The molecule has 1 amide bonds. The Morgan fingerprint density at radius 1 is 0.917 bits per heavy atom. The molecule has 0 heterocycles. The van der Waals surface area contributed by atoms with E-state index in [1.54, 1.807) is 42.5 Å². The zero-order valence-corrected chi connectivity index (χ0v) is 13.7. The summed E-state index contributed by atoms with van der Waals surface area (Å²) in [6, 6.07) is 13.9. The molecule has 2 aromatic carbocycles. The Hall–Kier alpha value is -3.02. The molecule has 1 N–H and O–H groups in total. The molecular weight excluding hydrogens is 310 g/mol. The van der Waals surface area contributed by atoms with Crippen LogP contribution in [0, 0.1) is 0 Å². The van der Waals surface area contributed by atoms with Gasteiger partial charge >= 0.3 is 5.97 Å². The van der Waals surface area contributed by atoms with Gasteiger partial charge in [0.1, 0.15) is 17.1 Å². The Morgan fingerprint density at radius 2 is 1.50 bits per heavy atom. The van der Waals surface area contributed by atoms with E-state index in [0.717, 1.165) is 0 Å². The summed E-state index contributed by atoms with van der Waals surface area (Å²) in [7, 11) is 2.88. The maximum absolute atomic E-state index is 12.4. The molecule has 24 heavy (non-hydrogen) atoms. The molecule has 0 aliphatic rings. The Bertz CT molecular complexity index is 692. The van der Waals surface area contributed by atoms with Crippen LogP contribution in [0.15, 0.2) is 48.5 Å². The van der Waals surface area contributed by atoms with Crippen LogP contribution in [0.5, 0.6) is 11.5 Å². The molecule has 0 saturated carbocycles. The highest BCUT2D eigenvalue weighted by Gasteiger charge is 2.24. The normalized spacial score (nSPS) is 11.3. The van der Waals surface area contributed by atoms with Crippen LogP contribution in [-0.4, -0.2) is 32.2 Å². The highest BCUT2D eigenvalue weighted by Crippen LogP contribution is 2.29. The predicted octanol–water partition coefficient (Wildman–Crippen LogP) is 2.89. The van der Waals surface area contributed by atoms with E-state index in [0.29, 0.717) is 17.2 Å². The average Bonchev–Trinajstić information content (AvgIpc) is 2.61. The lowest BCUT2D eigenvalue weighted by atomic mass is 10.1. The number of hydrogen-bond donors (Lipinski definition) is 1. The van der Waals surface area contributed by atoms with Crippen LogP contribution < -0.4 is 14.8 Å². The van der Waals surface area contributed by atoms with Crippen LogP contribution in [0.3, 0.4) is 0 Å². The number of methoxy groups -OCH3 is 2. The summed E-state index contributed by atoms with van der Waals surface area (Å²) in [5.74, 6) is -0.492. The Morgan fingerprint density at radius 3 is 2.04 bits per heavy atom. The van der Waals surface area contributed by atoms with Crippen molar-refractivity contribution in [3.05, 3.63) is 54.1 Å². The van der Waals surface area contributed by atoms with Gasteiger partial charge in [0.2, 0.25) is 0 Å². The van der Waals surface area contributed by atoms with E-state index in [1.165, 1.54) is 21.1 Å². The third kappa shape index (κ3) is 4.04. The van der Waals surface area contributed by atoms with Gasteiger partial charge in [-0.05, 0) is 31.2 Å². The van der Waals surface area contributed by atoms with E-state index >= 15 is 0 Å². The molecule has 0 unspecified atom stereocenters. The minimum atomic E-state index is -0.979. The van der Waals surface area contributed by atoms with Crippen molar-refractivity contribution in [2.24, 2.45) is 0 Å². The maximum atomic E-state index is 12.4. The molecule has 2 rings (SSSR count). The summed E-state index contributed by atoms with van der Waals surface area (Å²) in [6.07, 6.45) is -0.979. The number of benzene rings is 2. The summed E-state index contributed by atoms with van der Waals surface area (Å²) in [6.45, 7) is 1.50. The number of anilines is 1. The molecule has 2 aromatic rings. The van der Waals surface area contributed by atoms with E-state index < -0.39 is 18.0 Å². The van der Waals surface area contributed by atoms with Crippen molar-refractivity contribution >= 4 is 17.6 Å². The van der Waals surface area contributed by atoms with Gasteiger partial charge in [-0.15, -0.1) is 0 Å². The fourth-order valence-corrected chi connectivity index (χ4v) is 2.09. The lowest BCUT2D eigenvalue weighted by molar-refractivity contribution is -0.123. The third-order valence-corrected chi connectivity index (χ3v) is 3.33. The first kappa shape index (κ1) is 17.3. The Balaban J connectivity index is 2.10. The van der Waals surface area contributed by atoms with E-state index in [9.17, 15) is 9.59 Å². The number of para-hydroxylation sites is 1. The SMILES string of the molecule is COc1cccc(OC)c1C(=O)O[C@@H](C)C(=O)Nc1ccccc1. The lowest BCUT2D eigenvalue weighted by Gasteiger charge is -2.16. The third-order valence-electron chi connectivity index (χ3n) is 3.33. The number of carbonyl (C=O) groups is 2. The molecule has 0 fully saturated rings. The topological polar surface area (TPSA) is 73.9 Å². The van der Waals surface area contributed by atoms with Crippen LogP contribution in [-0.2, 0) is 9.53 Å². The van der Waals surface area contributed by atoms with Crippen molar-refractivity contribution in [3.8, 4) is 11.5 Å². The van der Waals surface area contributed by atoms with Crippen LogP contribution in [0.4, 0.5) is 5.69 Å². The molecule has 6 nitrogen and oxygen atoms in total. The van der Waals surface area contributed by atoms with Crippen LogP contribution in [0.2, 0.25) is 0 Å². The number of amides is 1. The van der Waals surface area contributed by atoms with Crippen molar-refractivity contribution < 1.29 is 23.8 Å². The minimum Gasteiger partial charge on any atom is -0.496 e. The van der Waals surface area contributed by atoms with Crippen LogP contribution in [0.1, 0.15) is 17.3 Å². The summed E-state index contributed by atoms with van der Waals surface area (Å²) in [5, 5.41) is 2.68. The standard InChI is InChI=1S/C18H19NO5/c1-12(17(20)19-13-8-5-4-6-9-13)24-18(21)16-14(22-2)10-7-11-15(16)23-3/h4-12H,1-3H3,(H,19,20)/t12-/m0/s1. The Kier molecular flexibility index (Phi) is 5.78. The first-order chi connectivity index (χ1) is 11.6. The minimum absolute atomic E-state index is 0.141. The van der Waals surface area contributed by atoms with Gasteiger partial charge in [-0.25, -0.2) is 4.79 Å². The number of carbonyl (C=O) groups excluding carboxylic acids is 2. The quantitative estimate of drug-likeness (QED) is 0.825. The van der Waals surface area contributed by atoms with Gasteiger partial charge in [0.05, 0.1) is 14.2 Å². The molecule has 0 aromatic heterocycles. The van der Waals surface area contributed by atoms with Crippen molar-refractivity contribution in [3.63, 3.8) is 0 Å². The van der Waals surface area contributed by atoms with Crippen molar-refractivity contribution in [2.75, 3.05) is 19.5 Å².